The second-order valence-corrected chi connectivity index (χ2v) is 7.04. The molecule has 0 amide bonds. The summed E-state index contributed by atoms with van der Waals surface area (Å²) in [7, 11) is 0. The second-order valence-electron chi connectivity index (χ2n) is 7.04. The largest absolute Gasteiger partial charge is 0.494 e. The summed E-state index contributed by atoms with van der Waals surface area (Å²) in [5.41, 5.74) is 3.08. The van der Waals surface area contributed by atoms with Gasteiger partial charge in [-0.2, -0.15) is 5.26 Å². The molecule has 0 spiro atoms. The van der Waals surface area contributed by atoms with Crippen LogP contribution >= 0.6 is 0 Å². The molecule has 0 aliphatic rings. The van der Waals surface area contributed by atoms with Gasteiger partial charge >= 0.3 is 5.97 Å². The van der Waals surface area contributed by atoms with E-state index in [0.717, 1.165) is 23.3 Å². The molecule has 0 atom stereocenters. The Balaban J connectivity index is 1.54. The van der Waals surface area contributed by atoms with Gasteiger partial charge in [0.1, 0.15) is 11.5 Å². The Kier molecular flexibility index (Phi) is 7.63. The number of nitriles is 1. The summed E-state index contributed by atoms with van der Waals surface area (Å²) in [5.74, 6) is 0.832. The second kappa shape index (κ2) is 10.8. The first-order valence-corrected chi connectivity index (χ1v) is 10.2. The molecule has 0 N–H and O–H groups in total. The average molecular weight is 399 g/mol. The van der Waals surface area contributed by atoms with Crippen LogP contribution in [-0.2, 0) is 0 Å². The molecule has 0 heterocycles. The van der Waals surface area contributed by atoms with Crippen molar-refractivity contribution in [1.82, 2.24) is 0 Å². The summed E-state index contributed by atoms with van der Waals surface area (Å²) in [5, 5.41) is 8.89. The van der Waals surface area contributed by atoms with Crippen molar-refractivity contribution >= 4 is 5.97 Å². The quantitative estimate of drug-likeness (QED) is 0.237. The standard InChI is InChI=1S/C26H25NO3/c1-2-3-4-5-18-29-24-14-12-23(13-15-24)26(28)30-25-16-10-22(11-17-25)21-8-6-20(19-27)7-9-21/h6-17H,2-5,18H2,1H3. The van der Waals surface area contributed by atoms with Crippen molar-refractivity contribution in [1.29, 1.82) is 5.26 Å². The lowest BCUT2D eigenvalue weighted by Gasteiger charge is -2.08. The Labute approximate surface area is 177 Å². The van der Waals surface area contributed by atoms with Crippen LogP contribution in [0.1, 0.15) is 48.5 Å². The van der Waals surface area contributed by atoms with Crippen molar-refractivity contribution < 1.29 is 14.3 Å². The van der Waals surface area contributed by atoms with Gasteiger partial charge in [0.2, 0.25) is 0 Å². The minimum absolute atomic E-state index is 0.407. The first kappa shape index (κ1) is 21.1. The van der Waals surface area contributed by atoms with E-state index in [2.05, 4.69) is 13.0 Å². The summed E-state index contributed by atoms with van der Waals surface area (Å²) in [6.45, 7) is 2.87. The zero-order chi connectivity index (χ0) is 21.2. The molecule has 0 aliphatic carbocycles. The molecule has 0 saturated carbocycles. The Hall–Kier alpha value is -3.58. The number of carbonyl (C=O) groups excluding carboxylic acids is 1. The molecule has 3 aromatic rings. The Morgan fingerprint density at radius 2 is 1.40 bits per heavy atom. The highest BCUT2D eigenvalue weighted by molar-refractivity contribution is 5.91. The maximum Gasteiger partial charge on any atom is 0.343 e. The van der Waals surface area contributed by atoms with Crippen molar-refractivity contribution in [3.05, 3.63) is 83.9 Å². The predicted molar refractivity (Wildman–Crippen MR) is 118 cm³/mol. The maximum absolute atomic E-state index is 12.4. The summed E-state index contributed by atoms with van der Waals surface area (Å²) in [6, 6.07) is 23.8. The minimum Gasteiger partial charge on any atom is -0.494 e. The molecule has 0 fully saturated rings. The molecule has 4 nitrogen and oxygen atoms in total. The number of carbonyl (C=O) groups is 1. The highest BCUT2D eigenvalue weighted by Crippen LogP contribution is 2.23. The third-order valence-corrected chi connectivity index (χ3v) is 4.77. The number of esters is 1. The van der Waals surface area contributed by atoms with Crippen molar-refractivity contribution in [2.45, 2.75) is 32.6 Å². The fourth-order valence-corrected chi connectivity index (χ4v) is 3.02. The number of nitrogens with zero attached hydrogens (tertiary/aromatic N) is 1. The van der Waals surface area contributed by atoms with Gasteiger partial charge in [-0.1, -0.05) is 50.5 Å². The van der Waals surface area contributed by atoms with E-state index in [0.29, 0.717) is 23.5 Å². The van der Waals surface area contributed by atoms with Gasteiger partial charge in [-0.25, -0.2) is 4.79 Å². The van der Waals surface area contributed by atoms with Crippen LogP contribution in [0, 0.1) is 11.3 Å². The topological polar surface area (TPSA) is 59.3 Å². The Morgan fingerprint density at radius 1 is 0.800 bits per heavy atom. The summed E-state index contributed by atoms with van der Waals surface area (Å²) >= 11 is 0. The van der Waals surface area contributed by atoms with Gasteiger partial charge in [0.25, 0.3) is 0 Å². The molecule has 30 heavy (non-hydrogen) atoms. The maximum atomic E-state index is 12.4. The molecule has 3 aromatic carbocycles. The van der Waals surface area contributed by atoms with Gasteiger partial charge in [-0.15, -0.1) is 0 Å². The van der Waals surface area contributed by atoms with Gasteiger partial charge in [0.15, 0.2) is 0 Å². The first-order chi connectivity index (χ1) is 14.7. The third kappa shape index (κ3) is 5.96. The summed E-state index contributed by atoms with van der Waals surface area (Å²) in [4.78, 5) is 12.4. The van der Waals surface area contributed by atoms with Crippen LogP contribution in [0.25, 0.3) is 11.1 Å². The third-order valence-electron chi connectivity index (χ3n) is 4.77. The summed E-state index contributed by atoms with van der Waals surface area (Å²) in [6.07, 6.45) is 4.64. The zero-order valence-corrected chi connectivity index (χ0v) is 17.1. The molecule has 0 bridgehead atoms. The SMILES string of the molecule is CCCCCCOc1ccc(C(=O)Oc2ccc(-c3ccc(C#N)cc3)cc2)cc1. The van der Waals surface area contributed by atoms with Crippen molar-refractivity contribution in [2.24, 2.45) is 0 Å². The number of benzene rings is 3. The van der Waals surface area contributed by atoms with Crippen LogP contribution in [0.15, 0.2) is 72.8 Å². The van der Waals surface area contributed by atoms with Crippen molar-refractivity contribution in [3.63, 3.8) is 0 Å². The van der Waals surface area contributed by atoms with Crippen molar-refractivity contribution in [3.8, 4) is 28.7 Å². The zero-order valence-electron chi connectivity index (χ0n) is 17.1. The molecule has 0 radical (unpaired) electrons. The van der Waals surface area contributed by atoms with Crippen LogP contribution in [0.3, 0.4) is 0 Å². The van der Waals surface area contributed by atoms with Gasteiger partial charge in [0, 0.05) is 0 Å². The smallest absolute Gasteiger partial charge is 0.343 e. The van der Waals surface area contributed by atoms with Crippen LogP contribution in [0.2, 0.25) is 0 Å². The summed E-state index contributed by atoms with van der Waals surface area (Å²) < 4.78 is 11.2. The van der Waals surface area contributed by atoms with E-state index in [9.17, 15) is 4.79 Å². The molecular weight excluding hydrogens is 374 g/mol. The van der Waals surface area contributed by atoms with E-state index < -0.39 is 5.97 Å². The molecule has 3 rings (SSSR count). The Bertz CT molecular complexity index is 984. The van der Waals surface area contributed by atoms with Crippen LogP contribution in [0.5, 0.6) is 11.5 Å². The van der Waals surface area contributed by atoms with E-state index in [1.807, 2.05) is 24.3 Å². The fraction of sp³-hybridized carbons (Fsp3) is 0.231. The molecule has 152 valence electrons. The minimum atomic E-state index is -0.407. The van der Waals surface area contributed by atoms with E-state index in [1.165, 1.54) is 19.3 Å². The van der Waals surface area contributed by atoms with Gasteiger partial charge in [0.05, 0.1) is 23.8 Å². The normalized spacial score (nSPS) is 10.3. The highest BCUT2D eigenvalue weighted by Gasteiger charge is 2.09. The average Bonchev–Trinajstić information content (AvgIpc) is 2.80. The lowest BCUT2D eigenvalue weighted by atomic mass is 10.0. The number of rotatable bonds is 9. The van der Waals surface area contributed by atoms with Crippen LogP contribution < -0.4 is 9.47 Å². The fourth-order valence-electron chi connectivity index (χ4n) is 3.02. The molecule has 0 saturated heterocycles. The molecule has 0 aliphatic heterocycles. The van der Waals surface area contributed by atoms with Crippen LogP contribution in [0.4, 0.5) is 0 Å². The van der Waals surface area contributed by atoms with E-state index in [-0.39, 0.29) is 0 Å². The number of ether oxygens (including phenoxy) is 2. The molecule has 0 aromatic heterocycles. The monoisotopic (exact) mass is 399 g/mol. The highest BCUT2D eigenvalue weighted by atomic mass is 16.5. The number of hydrogen-bond acceptors (Lipinski definition) is 4. The van der Waals surface area contributed by atoms with E-state index in [4.69, 9.17) is 14.7 Å². The Morgan fingerprint density at radius 3 is 2.00 bits per heavy atom. The molecule has 4 heteroatoms. The van der Waals surface area contributed by atoms with Crippen LogP contribution in [-0.4, -0.2) is 12.6 Å². The predicted octanol–water partition coefficient (Wildman–Crippen LogP) is 6.40. The molecular formula is C26H25NO3. The lowest BCUT2D eigenvalue weighted by Crippen LogP contribution is -2.08. The van der Waals surface area contributed by atoms with Crippen molar-refractivity contribution in [2.75, 3.05) is 6.61 Å². The molecule has 0 unspecified atom stereocenters. The van der Waals surface area contributed by atoms with Gasteiger partial charge in [-0.05, 0) is 66.1 Å². The lowest BCUT2D eigenvalue weighted by molar-refractivity contribution is 0.0734. The number of hydrogen-bond donors (Lipinski definition) is 0. The first-order valence-electron chi connectivity index (χ1n) is 10.2. The van der Waals surface area contributed by atoms with Gasteiger partial charge in [-0.3, -0.25) is 0 Å². The van der Waals surface area contributed by atoms with Gasteiger partial charge < -0.3 is 9.47 Å². The number of unbranched alkanes of at least 4 members (excludes halogenated alkanes) is 3. The van der Waals surface area contributed by atoms with E-state index >= 15 is 0 Å². The van der Waals surface area contributed by atoms with E-state index in [1.54, 1.807) is 48.5 Å².